The van der Waals surface area contributed by atoms with Gasteiger partial charge in [-0.05, 0) is 36.8 Å². The molecule has 154 valence electrons. The molecule has 0 saturated carbocycles. The van der Waals surface area contributed by atoms with Crippen LogP contribution >= 0.6 is 15.9 Å². The molecule has 8 heteroatoms. The number of hydrogen-bond donors (Lipinski definition) is 1. The lowest BCUT2D eigenvalue weighted by molar-refractivity contribution is -0.117. The molecule has 1 aliphatic heterocycles. The summed E-state index contributed by atoms with van der Waals surface area (Å²) in [6.07, 6.45) is 0. The molecule has 0 fully saturated rings. The van der Waals surface area contributed by atoms with Crippen molar-refractivity contribution >= 4 is 44.4 Å². The van der Waals surface area contributed by atoms with E-state index < -0.39 is 23.5 Å². The van der Waals surface area contributed by atoms with Crippen molar-refractivity contribution in [2.24, 2.45) is 0 Å². The zero-order valence-corrected chi connectivity index (χ0v) is 17.8. The number of carbonyl (C=O) groups excluding carboxylic acids is 2. The van der Waals surface area contributed by atoms with Gasteiger partial charge in [-0.25, -0.2) is 0 Å². The fourth-order valence-corrected chi connectivity index (χ4v) is 3.99. The highest BCUT2D eigenvalue weighted by atomic mass is 79.9. The average molecular weight is 479 g/mol. The summed E-state index contributed by atoms with van der Waals surface area (Å²) in [6, 6.07) is 16.6. The molecule has 0 unspecified atom stereocenters. The molecule has 2 aromatic carbocycles. The Balaban J connectivity index is 1.66. The lowest BCUT2D eigenvalue weighted by Gasteiger charge is -2.24. The maximum absolute atomic E-state index is 13.5. The predicted molar refractivity (Wildman–Crippen MR) is 116 cm³/mol. The van der Waals surface area contributed by atoms with Crippen LogP contribution in [0.2, 0.25) is 0 Å². The summed E-state index contributed by atoms with van der Waals surface area (Å²) in [5, 5.41) is 15.4. The molecule has 31 heavy (non-hydrogen) atoms. The number of furan rings is 1. The van der Waals surface area contributed by atoms with Gasteiger partial charge in [0.25, 0.3) is 5.91 Å². The minimum Gasteiger partial charge on any atom is -0.503 e. The number of halogens is 1. The molecule has 5 rings (SSSR count). The molecule has 1 amide bonds. The average Bonchev–Trinajstić information content (AvgIpc) is 3.45. The number of carbonyl (C=O) groups is 2. The number of aromatic nitrogens is 1. The number of anilines is 1. The van der Waals surface area contributed by atoms with Crippen LogP contribution in [0.4, 0.5) is 5.82 Å². The van der Waals surface area contributed by atoms with Gasteiger partial charge in [0.2, 0.25) is 5.78 Å². The third-order valence-corrected chi connectivity index (χ3v) is 5.68. The number of rotatable bonds is 4. The van der Waals surface area contributed by atoms with E-state index in [0.717, 1.165) is 9.86 Å². The Morgan fingerprint density at radius 3 is 2.55 bits per heavy atom. The van der Waals surface area contributed by atoms with Crippen LogP contribution in [0.1, 0.15) is 27.9 Å². The zero-order chi connectivity index (χ0) is 21.7. The second kappa shape index (κ2) is 7.24. The van der Waals surface area contributed by atoms with Gasteiger partial charge in [-0.15, -0.1) is 0 Å². The standard InChI is InChI=1S/C23H15BrN2O5/c1-12-10-18(25-31-12)26-20(13-6-8-15(24)9-7-13)19(22(28)23(26)29)21(27)17-11-14-4-2-3-5-16(14)30-17/h2-11,20,28H,1H3/t20-/m1/s1. The summed E-state index contributed by atoms with van der Waals surface area (Å²) in [6.45, 7) is 1.69. The lowest BCUT2D eigenvalue weighted by atomic mass is 9.95. The van der Waals surface area contributed by atoms with Crippen LogP contribution in [-0.2, 0) is 4.79 Å². The molecule has 2 aromatic heterocycles. The molecule has 0 radical (unpaired) electrons. The Bertz CT molecular complexity index is 1330. The van der Waals surface area contributed by atoms with E-state index in [1.54, 1.807) is 55.5 Å². The monoisotopic (exact) mass is 478 g/mol. The van der Waals surface area contributed by atoms with Gasteiger partial charge in [-0.3, -0.25) is 14.5 Å². The van der Waals surface area contributed by atoms with E-state index >= 15 is 0 Å². The van der Waals surface area contributed by atoms with E-state index in [4.69, 9.17) is 8.94 Å². The highest BCUT2D eigenvalue weighted by Gasteiger charge is 2.46. The number of para-hydroxylation sites is 1. The van der Waals surface area contributed by atoms with Crippen LogP contribution in [0, 0.1) is 6.92 Å². The van der Waals surface area contributed by atoms with Gasteiger partial charge in [0, 0.05) is 15.9 Å². The summed E-state index contributed by atoms with van der Waals surface area (Å²) < 4.78 is 11.7. The van der Waals surface area contributed by atoms with E-state index in [-0.39, 0.29) is 17.2 Å². The summed E-state index contributed by atoms with van der Waals surface area (Å²) in [7, 11) is 0. The van der Waals surface area contributed by atoms with E-state index in [1.807, 2.05) is 12.1 Å². The molecule has 1 aliphatic rings. The minimum absolute atomic E-state index is 0.0378. The van der Waals surface area contributed by atoms with Gasteiger partial charge >= 0.3 is 0 Å². The van der Waals surface area contributed by atoms with Gasteiger partial charge in [-0.1, -0.05) is 51.4 Å². The largest absolute Gasteiger partial charge is 0.503 e. The fourth-order valence-electron chi connectivity index (χ4n) is 3.73. The number of aliphatic hydroxyl groups excluding tert-OH is 1. The molecular formula is C23H15BrN2O5. The van der Waals surface area contributed by atoms with Crippen molar-refractivity contribution in [2.45, 2.75) is 13.0 Å². The molecule has 1 atom stereocenters. The minimum atomic E-state index is -0.897. The second-order valence-electron chi connectivity index (χ2n) is 7.16. The topological polar surface area (TPSA) is 96.8 Å². The molecule has 4 aromatic rings. The number of benzene rings is 2. The summed E-state index contributed by atoms with van der Waals surface area (Å²) in [5.41, 5.74) is 1.09. The van der Waals surface area contributed by atoms with Crippen molar-refractivity contribution in [2.75, 3.05) is 4.90 Å². The summed E-state index contributed by atoms with van der Waals surface area (Å²) >= 11 is 3.39. The highest BCUT2D eigenvalue weighted by Crippen LogP contribution is 2.42. The molecular weight excluding hydrogens is 464 g/mol. The van der Waals surface area contributed by atoms with Crippen molar-refractivity contribution < 1.29 is 23.6 Å². The van der Waals surface area contributed by atoms with Crippen LogP contribution in [-0.4, -0.2) is 22.0 Å². The number of nitrogens with zero attached hydrogens (tertiary/aromatic N) is 2. The van der Waals surface area contributed by atoms with E-state index in [0.29, 0.717) is 16.9 Å². The Hall–Kier alpha value is -3.65. The van der Waals surface area contributed by atoms with Crippen LogP contribution < -0.4 is 4.90 Å². The summed E-state index contributed by atoms with van der Waals surface area (Å²) in [4.78, 5) is 27.7. The first kappa shape index (κ1) is 19.3. The van der Waals surface area contributed by atoms with E-state index in [9.17, 15) is 14.7 Å². The SMILES string of the molecule is Cc1cc(N2C(=O)C(O)=C(C(=O)c3cc4ccccc4o3)[C@H]2c2ccc(Br)cc2)no1. The number of fused-ring (bicyclic) bond motifs is 1. The molecule has 3 heterocycles. The van der Waals surface area contributed by atoms with Crippen molar-refractivity contribution in [1.29, 1.82) is 0 Å². The zero-order valence-electron chi connectivity index (χ0n) is 16.2. The Kier molecular flexibility index (Phi) is 4.51. The van der Waals surface area contributed by atoms with Gasteiger partial charge in [0.05, 0.1) is 11.6 Å². The van der Waals surface area contributed by atoms with Gasteiger partial charge in [-0.2, -0.15) is 0 Å². The number of hydrogen-bond acceptors (Lipinski definition) is 6. The highest BCUT2D eigenvalue weighted by molar-refractivity contribution is 9.10. The van der Waals surface area contributed by atoms with Crippen molar-refractivity contribution in [1.82, 2.24) is 5.16 Å². The fraction of sp³-hybridized carbons (Fsp3) is 0.0870. The first-order valence-electron chi connectivity index (χ1n) is 9.43. The predicted octanol–water partition coefficient (Wildman–Crippen LogP) is 5.27. The number of Topliss-reactive ketones (excluding diaryl/α,β-unsaturated/α-hetero) is 1. The first-order chi connectivity index (χ1) is 14.9. The Morgan fingerprint density at radius 1 is 1.13 bits per heavy atom. The van der Waals surface area contributed by atoms with Crippen LogP contribution in [0.25, 0.3) is 11.0 Å². The molecule has 0 bridgehead atoms. The maximum atomic E-state index is 13.5. The van der Waals surface area contributed by atoms with Crippen LogP contribution in [0.15, 0.2) is 85.4 Å². The molecule has 0 saturated heterocycles. The smallest absolute Gasteiger partial charge is 0.295 e. The van der Waals surface area contributed by atoms with Gasteiger partial charge in [0.1, 0.15) is 11.3 Å². The first-order valence-corrected chi connectivity index (χ1v) is 10.2. The lowest BCUT2D eigenvalue weighted by Crippen LogP contribution is -2.31. The molecule has 1 N–H and O–H groups in total. The molecule has 7 nitrogen and oxygen atoms in total. The second-order valence-corrected chi connectivity index (χ2v) is 8.08. The van der Waals surface area contributed by atoms with Gasteiger partial charge < -0.3 is 14.0 Å². The molecule has 0 spiro atoms. The number of aliphatic hydroxyl groups is 1. The van der Waals surface area contributed by atoms with E-state index in [1.165, 1.54) is 4.90 Å². The molecule has 0 aliphatic carbocycles. The number of amides is 1. The third-order valence-electron chi connectivity index (χ3n) is 5.15. The van der Waals surface area contributed by atoms with Crippen molar-refractivity contribution in [3.05, 3.63) is 93.6 Å². The van der Waals surface area contributed by atoms with Crippen LogP contribution in [0.3, 0.4) is 0 Å². The quantitative estimate of drug-likeness (QED) is 0.401. The number of aryl methyl sites for hydroxylation is 1. The summed E-state index contributed by atoms with van der Waals surface area (Å²) in [5.74, 6) is -1.21. The normalized spacial score (nSPS) is 16.5. The third kappa shape index (κ3) is 3.16. The maximum Gasteiger partial charge on any atom is 0.295 e. The van der Waals surface area contributed by atoms with Crippen LogP contribution in [0.5, 0.6) is 0 Å². The Labute approximate surface area is 184 Å². The van der Waals surface area contributed by atoms with Crippen molar-refractivity contribution in [3.63, 3.8) is 0 Å². The van der Waals surface area contributed by atoms with Gasteiger partial charge in [0.15, 0.2) is 17.3 Å². The van der Waals surface area contributed by atoms with Crippen molar-refractivity contribution in [3.8, 4) is 0 Å². The number of ketones is 1. The van der Waals surface area contributed by atoms with E-state index in [2.05, 4.69) is 21.1 Å². The Morgan fingerprint density at radius 2 is 1.87 bits per heavy atom.